The van der Waals surface area contributed by atoms with E-state index >= 15 is 0 Å². The Morgan fingerprint density at radius 3 is 2.41 bits per heavy atom. The molecule has 0 fully saturated rings. The number of fused-ring (bicyclic) bond motifs is 1. The first kappa shape index (κ1) is 28.3. The SMILES string of the molecule is CC(C)CN(C)c1cc2c(cc1C(F)(F)F)NC(=O)CC(c1cccc(-c3n[nH]nc3CN(C)C(C)C)c1)=N2. The van der Waals surface area contributed by atoms with E-state index in [0.717, 1.165) is 17.3 Å². The van der Waals surface area contributed by atoms with Crippen LogP contribution in [0.1, 0.15) is 50.9 Å². The van der Waals surface area contributed by atoms with E-state index in [1.54, 1.807) is 11.9 Å². The summed E-state index contributed by atoms with van der Waals surface area (Å²) in [4.78, 5) is 21.2. The van der Waals surface area contributed by atoms with E-state index in [0.29, 0.717) is 36.1 Å². The molecule has 3 aromatic rings. The average Bonchev–Trinajstić information content (AvgIpc) is 3.23. The Hall–Kier alpha value is -3.73. The monoisotopic (exact) mass is 541 g/mol. The molecule has 1 aliphatic rings. The van der Waals surface area contributed by atoms with Gasteiger partial charge in [0.25, 0.3) is 0 Å². The second kappa shape index (κ2) is 11.2. The largest absolute Gasteiger partial charge is 0.418 e. The number of carbonyl (C=O) groups excluding carboxylic acids is 1. The number of nitrogens with one attached hydrogen (secondary N) is 2. The number of aliphatic imine (C=N–C) groups is 1. The molecule has 4 rings (SSSR count). The molecule has 0 unspecified atom stereocenters. The fraction of sp³-hybridized carbons (Fsp3) is 0.429. The van der Waals surface area contributed by atoms with Crippen LogP contribution < -0.4 is 10.2 Å². The number of benzene rings is 2. The zero-order valence-electron chi connectivity index (χ0n) is 23.0. The lowest BCUT2D eigenvalue weighted by atomic mass is 10.0. The highest BCUT2D eigenvalue weighted by Crippen LogP contribution is 2.43. The Morgan fingerprint density at radius 2 is 1.74 bits per heavy atom. The van der Waals surface area contributed by atoms with Crippen LogP contribution >= 0.6 is 0 Å². The molecule has 2 heterocycles. The van der Waals surface area contributed by atoms with E-state index in [1.807, 2.05) is 45.2 Å². The van der Waals surface area contributed by atoms with E-state index in [2.05, 4.69) is 39.5 Å². The minimum atomic E-state index is -4.59. The third kappa shape index (κ3) is 6.47. The number of rotatable bonds is 8. The molecular formula is C28H34F3N7O. The third-order valence-electron chi connectivity index (χ3n) is 6.70. The number of alkyl halides is 3. The second-order valence-electron chi connectivity index (χ2n) is 10.7. The predicted molar refractivity (Wildman–Crippen MR) is 147 cm³/mol. The van der Waals surface area contributed by atoms with Gasteiger partial charge in [-0.05, 0) is 50.6 Å². The van der Waals surface area contributed by atoms with Gasteiger partial charge in [0, 0.05) is 31.7 Å². The molecule has 0 aliphatic carbocycles. The molecule has 2 aromatic carbocycles. The van der Waals surface area contributed by atoms with Gasteiger partial charge in [0.2, 0.25) is 5.91 Å². The molecule has 0 saturated carbocycles. The number of amides is 1. The number of halogens is 3. The number of hydrogen-bond acceptors (Lipinski definition) is 6. The van der Waals surface area contributed by atoms with Crippen molar-refractivity contribution >= 4 is 28.7 Å². The summed E-state index contributed by atoms with van der Waals surface area (Å²) in [6.45, 7) is 9.10. The highest BCUT2D eigenvalue weighted by molar-refractivity contribution is 6.17. The van der Waals surface area contributed by atoms with Gasteiger partial charge in [0.15, 0.2) is 0 Å². The van der Waals surface area contributed by atoms with Crippen LogP contribution in [-0.4, -0.2) is 58.6 Å². The molecule has 11 heteroatoms. The van der Waals surface area contributed by atoms with Gasteiger partial charge in [-0.1, -0.05) is 32.0 Å². The van der Waals surface area contributed by atoms with Gasteiger partial charge < -0.3 is 10.2 Å². The Labute approximate surface area is 226 Å². The number of hydrogen-bond donors (Lipinski definition) is 2. The topological polar surface area (TPSA) is 89.5 Å². The molecular weight excluding hydrogens is 507 g/mol. The van der Waals surface area contributed by atoms with Crippen molar-refractivity contribution in [1.82, 2.24) is 20.3 Å². The fourth-order valence-corrected chi connectivity index (χ4v) is 4.52. The molecule has 39 heavy (non-hydrogen) atoms. The number of anilines is 2. The molecule has 1 aliphatic heterocycles. The fourth-order valence-electron chi connectivity index (χ4n) is 4.52. The summed E-state index contributed by atoms with van der Waals surface area (Å²) in [6.07, 6.45) is -4.68. The second-order valence-corrected chi connectivity index (χ2v) is 10.7. The van der Waals surface area contributed by atoms with Crippen molar-refractivity contribution in [2.24, 2.45) is 10.9 Å². The molecule has 0 spiro atoms. The Bertz CT molecular complexity index is 1380. The standard InChI is InChI=1S/C28H34F3N7O/c1-16(2)14-38(6)25-12-23-22(11-20(25)28(29,30)31)33-26(39)13-21(32-23)18-8-7-9-19(10-18)27-24(34-36-35-27)15-37(5)17(3)4/h7-12,16-17H,13-15H2,1-6H3,(H,33,39)(H,34,35,36). The first-order valence-electron chi connectivity index (χ1n) is 12.9. The van der Waals surface area contributed by atoms with Crippen LogP contribution in [0.3, 0.4) is 0 Å². The summed E-state index contributed by atoms with van der Waals surface area (Å²) in [5.41, 5.74) is 2.93. The van der Waals surface area contributed by atoms with Crippen molar-refractivity contribution < 1.29 is 18.0 Å². The summed E-state index contributed by atoms with van der Waals surface area (Å²) in [6, 6.07) is 10.2. The molecule has 1 amide bonds. The number of nitrogens with zero attached hydrogens (tertiary/aromatic N) is 5. The van der Waals surface area contributed by atoms with Gasteiger partial charge in [0.1, 0.15) is 11.4 Å². The number of aromatic amines is 1. The van der Waals surface area contributed by atoms with Gasteiger partial charge in [-0.2, -0.15) is 28.6 Å². The van der Waals surface area contributed by atoms with Crippen LogP contribution in [0.4, 0.5) is 30.2 Å². The van der Waals surface area contributed by atoms with Gasteiger partial charge in [0.05, 0.1) is 34.8 Å². The van der Waals surface area contributed by atoms with Crippen molar-refractivity contribution in [2.75, 3.05) is 30.9 Å². The van der Waals surface area contributed by atoms with Crippen molar-refractivity contribution in [2.45, 2.75) is 52.9 Å². The average molecular weight is 542 g/mol. The van der Waals surface area contributed by atoms with E-state index in [9.17, 15) is 18.0 Å². The van der Waals surface area contributed by atoms with Gasteiger partial charge in [-0.25, -0.2) is 0 Å². The quantitative estimate of drug-likeness (QED) is 0.372. The van der Waals surface area contributed by atoms with Crippen LogP contribution in [0.5, 0.6) is 0 Å². The molecule has 0 bridgehead atoms. The first-order valence-corrected chi connectivity index (χ1v) is 12.9. The Kier molecular flexibility index (Phi) is 8.10. The molecule has 0 saturated heterocycles. The van der Waals surface area contributed by atoms with E-state index < -0.39 is 17.6 Å². The predicted octanol–water partition coefficient (Wildman–Crippen LogP) is 5.89. The molecule has 0 radical (unpaired) electrons. The zero-order chi connectivity index (χ0) is 28.5. The van der Waals surface area contributed by atoms with Crippen molar-refractivity contribution in [3.8, 4) is 11.3 Å². The van der Waals surface area contributed by atoms with Gasteiger partial charge in [-0.3, -0.25) is 14.7 Å². The smallest absolute Gasteiger partial charge is 0.374 e. The minimum Gasteiger partial charge on any atom is -0.374 e. The summed E-state index contributed by atoms with van der Waals surface area (Å²) in [7, 11) is 3.64. The summed E-state index contributed by atoms with van der Waals surface area (Å²) >= 11 is 0. The first-order chi connectivity index (χ1) is 18.3. The maximum Gasteiger partial charge on any atom is 0.418 e. The Balaban J connectivity index is 1.77. The molecule has 0 atom stereocenters. The summed E-state index contributed by atoms with van der Waals surface area (Å²) < 4.78 is 42.0. The zero-order valence-corrected chi connectivity index (χ0v) is 23.0. The van der Waals surface area contributed by atoms with Crippen LogP contribution in [0.15, 0.2) is 41.4 Å². The molecule has 1 aromatic heterocycles. The lowest BCUT2D eigenvalue weighted by Gasteiger charge is -2.26. The van der Waals surface area contributed by atoms with Gasteiger partial charge >= 0.3 is 6.18 Å². The highest BCUT2D eigenvalue weighted by atomic mass is 19.4. The maximum absolute atomic E-state index is 14.0. The number of H-pyrrole nitrogens is 1. The van der Waals surface area contributed by atoms with E-state index in [4.69, 9.17) is 4.99 Å². The van der Waals surface area contributed by atoms with E-state index in [1.165, 1.54) is 6.07 Å². The number of carbonyl (C=O) groups is 1. The van der Waals surface area contributed by atoms with Crippen molar-refractivity contribution in [1.29, 1.82) is 0 Å². The molecule has 208 valence electrons. The van der Waals surface area contributed by atoms with E-state index in [-0.39, 0.29) is 29.4 Å². The highest BCUT2D eigenvalue weighted by Gasteiger charge is 2.36. The minimum absolute atomic E-state index is 0.0180. The van der Waals surface area contributed by atoms with Crippen LogP contribution in [-0.2, 0) is 17.5 Å². The van der Waals surface area contributed by atoms with Crippen molar-refractivity contribution in [3.05, 3.63) is 53.2 Å². The normalized spacial score (nSPS) is 13.9. The molecule has 2 N–H and O–H groups in total. The molecule has 8 nitrogen and oxygen atoms in total. The Morgan fingerprint density at radius 1 is 1.03 bits per heavy atom. The lowest BCUT2D eigenvalue weighted by molar-refractivity contribution is -0.137. The number of aromatic nitrogens is 3. The van der Waals surface area contributed by atoms with Crippen LogP contribution in [0.2, 0.25) is 0 Å². The van der Waals surface area contributed by atoms with Crippen LogP contribution in [0, 0.1) is 5.92 Å². The lowest BCUT2D eigenvalue weighted by Crippen LogP contribution is -2.26. The third-order valence-corrected chi connectivity index (χ3v) is 6.70. The van der Waals surface area contributed by atoms with Crippen LogP contribution in [0.25, 0.3) is 11.3 Å². The maximum atomic E-state index is 14.0. The van der Waals surface area contributed by atoms with Crippen molar-refractivity contribution in [3.63, 3.8) is 0 Å². The summed E-state index contributed by atoms with van der Waals surface area (Å²) in [5.74, 6) is -0.284. The van der Waals surface area contributed by atoms with Gasteiger partial charge in [-0.15, -0.1) is 0 Å². The summed E-state index contributed by atoms with van der Waals surface area (Å²) in [5, 5.41) is 14.0.